The van der Waals surface area contributed by atoms with E-state index < -0.39 is 29.9 Å². The van der Waals surface area contributed by atoms with Gasteiger partial charge in [-0.2, -0.15) is 0 Å². The van der Waals surface area contributed by atoms with Gasteiger partial charge in [0.05, 0.1) is 6.54 Å². The highest BCUT2D eigenvalue weighted by Crippen LogP contribution is 2.36. The van der Waals surface area contributed by atoms with Crippen LogP contribution in [0.5, 0.6) is 0 Å². The molecule has 1 aliphatic rings. The van der Waals surface area contributed by atoms with Gasteiger partial charge in [-0.15, -0.1) is 0 Å². The third-order valence-corrected chi connectivity index (χ3v) is 4.48. The van der Waals surface area contributed by atoms with Gasteiger partial charge in [0.15, 0.2) is 0 Å². The first-order valence-corrected chi connectivity index (χ1v) is 9.00. The third kappa shape index (κ3) is 5.44. The fraction of sp³-hybridized carbons (Fsp3) is 0.556. The molecule has 0 radical (unpaired) electrons. The second kappa shape index (κ2) is 7.74. The number of amides is 1. The van der Waals surface area contributed by atoms with Crippen molar-refractivity contribution in [1.29, 1.82) is 0 Å². The van der Waals surface area contributed by atoms with Crippen LogP contribution in [0.25, 0.3) is 0 Å². The zero-order valence-electron chi connectivity index (χ0n) is 14.8. The number of benzene rings is 1. The number of hydrogen-bond acceptors (Lipinski definition) is 4. The molecule has 0 bridgehead atoms. The molecule has 1 unspecified atom stereocenters. The second-order valence-corrected chi connectivity index (χ2v) is 8.10. The minimum Gasteiger partial charge on any atom is -0.480 e. The van der Waals surface area contributed by atoms with Gasteiger partial charge in [-0.1, -0.05) is 28.1 Å². The molecule has 1 N–H and O–H groups in total. The third-order valence-electron chi connectivity index (χ3n) is 3.95. The Balaban J connectivity index is 2.26. The largest absolute Gasteiger partial charge is 0.480 e. The van der Waals surface area contributed by atoms with E-state index in [4.69, 9.17) is 14.6 Å². The van der Waals surface area contributed by atoms with E-state index in [0.29, 0.717) is 19.4 Å². The Morgan fingerprint density at radius 3 is 2.48 bits per heavy atom. The quantitative estimate of drug-likeness (QED) is 0.812. The molecule has 1 aromatic carbocycles. The van der Waals surface area contributed by atoms with Gasteiger partial charge in [0.25, 0.3) is 0 Å². The number of aliphatic carboxylic acids is 1. The number of piperidine rings is 1. The van der Waals surface area contributed by atoms with Crippen molar-refractivity contribution in [2.45, 2.75) is 44.8 Å². The molecule has 1 aromatic rings. The summed E-state index contributed by atoms with van der Waals surface area (Å²) in [6.07, 6.45) is 0.934. The van der Waals surface area contributed by atoms with Crippen LogP contribution in [-0.2, 0) is 19.9 Å². The molecule has 1 heterocycles. The molecule has 0 aromatic heterocycles. The number of rotatable bonds is 4. The van der Waals surface area contributed by atoms with Crippen molar-refractivity contribution in [3.63, 3.8) is 0 Å². The van der Waals surface area contributed by atoms with Gasteiger partial charge >= 0.3 is 12.1 Å². The first-order chi connectivity index (χ1) is 11.6. The molecule has 138 valence electrons. The Labute approximate surface area is 156 Å². The summed E-state index contributed by atoms with van der Waals surface area (Å²) in [4.78, 5) is 25.1. The summed E-state index contributed by atoms with van der Waals surface area (Å²) in [5, 5.41) is 9.04. The molecule has 0 aliphatic carbocycles. The van der Waals surface area contributed by atoms with Gasteiger partial charge in [-0.3, -0.25) is 0 Å². The van der Waals surface area contributed by atoms with E-state index in [1.165, 1.54) is 0 Å². The zero-order chi connectivity index (χ0) is 18.7. The van der Waals surface area contributed by atoms with Crippen LogP contribution in [0.1, 0.15) is 39.2 Å². The predicted octanol–water partition coefficient (Wildman–Crippen LogP) is 3.78. The number of hydrogen-bond donors (Lipinski definition) is 1. The van der Waals surface area contributed by atoms with Gasteiger partial charge in [0, 0.05) is 11.0 Å². The topological polar surface area (TPSA) is 76.1 Å². The summed E-state index contributed by atoms with van der Waals surface area (Å²) >= 11 is 3.40. The van der Waals surface area contributed by atoms with Gasteiger partial charge in [0.2, 0.25) is 0 Å². The highest BCUT2D eigenvalue weighted by atomic mass is 79.9. The lowest BCUT2D eigenvalue weighted by atomic mass is 9.85. The van der Waals surface area contributed by atoms with Crippen LogP contribution < -0.4 is 0 Å². The Morgan fingerprint density at radius 1 is 1.28 bits per heavy atom. The Hall–Kier alpha value is -1.60. The minimum absolute atomic E-state index is 0.261. The van der Waals surface area contributed by atoms with E-state index in [1.807, 2.05) is 45.0 Å². The molecule has 0 saturated carbocycles. The SMILES string of the molecule is CC(C)(C)OC(=O)N1CCCC(OCC(=O)O)(c2ccc(Br)cc2)C1. The smallest absolute Gasteiger partial charge is 0.410 e. The molecule has 1 saturated heterocycles. The van der Waals surface area contributed by atoms with Crippen LogP contribution in [0.15, 0.2) is 28.7 Å². The summed E-state index contributed by atoms with van der Waals surface area (Å²) in [6, 6.07) is 7.55. The van der Waals surface area contributed by atoms with Crippen molar-refractivity contribution in [3.05, 3.63) is 34.3 Å². The predicted molar refractivity (Wildman–Crippen MR) is 96.4 cm³/mol. The Bertz CT molecular complexity index is 625. The summed E-state index contributed by atoms with van der Waals surface area (Å²) in [5.74, 6) is -1.04. The van der Waals surface area contributed by atoms with Crippen LogP contribution in [0.2, 0.25) is 0 Å². The molecule has 25 heavy (non-hydrogen) atoms. The fourth-order valence-electron chi connectivity index (χ4n) is 2.89. The summed E-state index contributed by atoms with van der Waals surface area (Å²) in [6.45, 7) is 5.85. The lowest BCUT2D eigenvalue weighted by molar-refractivity contribution is -0.155. The molecule has 7 heteroatoms. The van der Waals surface area contributed by atoms with E-state index in [0.717, 1.165) is 10.0 Å². The first kappa shape index (κ1) is 19.7. The fourth-order valence-corrected chi connectivity index (χ4v) is 3.16. The standard InChI is InChI=1S/C18H24BrNO5/c1-17(2,3)25-16(23)20-10-4-9-18(12-20,24-11-15(21)22)13-5-7-14(19)8-6-13/h5-8H,4,9-12H2,1-3H3,(H,21,22). The molecule has 0 spiro atoms. The molecular formula is C18H24BrNO5. The lowest BCUT2D eigenvalue weighted by Gasteiger charge is -2.42. The van der Waals surface area contributed by atoms with Gasteiger partial charge in [-0.25, -0.2) is 9.59 Å². The average Bonchev–Trinajstić information content (AvgIpc) is 2.52. The molecule has 1 aliphatic heterocycles. The second-order valence-electron chi connectivity index (χ2n) is 7.19. The Kier molecular flexibility index (Phi) is 6.11. The minimum atomic E-state index is -1.04. The van der Waals surface area contributed by atoms with Crippen LogP contribution in [-0.4, -0.2) is 47.4 Å². The summed E-state index contributed by atoms with van der Waals surface area (Å²) < 4.78 is 12.2. The van der Waals surface area contributed by atoms with Crippen molar-refractivity contribution < 1.29 is 24.2 Å². The van der Waals surface area contributed by atoms with Crippen molar-refractivity contribution in [1.82, 2.24) is 4.90 Å². The number of nitrogens with zero attached hydrogens (tertiary/aromatic N) is 1. The maximum atomic E-state index is 12.4. The molecular weight excluding hydrogens is 390 g/mol. The van der Waals surface area contributed by atoms with Crippen LogP contribution in [0.4, 0.5) is 4.79 Å². The maximum absolute atomic E-state index is 12.4. The molecule has 6 nitrogen and oxygen atoms in total. The van der Waals surface area contributed by atoms with Crippen molar-refractivity contribution in [2.75, 3.05) is 19.7 Å². The van der Waals surface area contributed by atoms with E-state index >= 15 is 0 Å². The first-order valence-electron chi connectivity index (χ1n) is 8.21. The number of carbonyl (C=O) groups excluding carboxylic acids is 1. The Morgan fingerprint density at radius 2 is 1.92 bits per heavy atom. The number of carbonyl (C=O) groups is 2. The summed E-state index contributed by atoms with van der Waals surface area (Å²) in [7, 11) is 0. The van der Waals surface area contributed by atoms with Gasteiger partial charge in [0.1, 0.15) is 17.8 Å². The number of ether oxygens (including phenoxy) is 2. The number of carboxylic acid groups (broad SMARTS) is 1. The average molecular weight is 414 g/mol. The molecule has 1 atom stereocenters. The van der Waals surface area contributed by atoms with Crippen molar-refractivity contribution in [2.24, 2.45) is 0 Å². The molecule has 1 fully saturated rings. The normalized spacial score (nSPS) is 21.0. The number of carboxylic acids is 1. The van der Waals surface area contributed by atoms with Crippen LogP contribution in [0, 0.1) is 0 Å². The van der Waals surface area contributed by atoms with Crippen molar-refractivity contribution >= 4 is 28.0 Å². The van der Waals surface area contributed by atoms with E-state index in [9.17, 15) is 9.59 Å². The zero-order valence-corrected chi connectivity index (χ0v) is 16.3. The lowest BCUT2D eigenvalue weighted by Crippen LogP contribution is -2.51. The van der Waals surface area contributed by atoms with Crippen LogP contribution >= 0.6 is 15.9 Å². The van der Waals surface area contributed by atoms with E-state index in [1.54, 1.807) is 4.90 Å². The highest BCUT2D eigenvalue weighted by Gasteiger charge is 2.41. The van der Waals surface area contributed by atoms with Gasteiger partial charge in [-0.05, 0) is 51.3 Å². The van der Waals surface area contributed by atoms with Crippen molar-refractivity contribution in [3.8, 4) is 0 Å². The highest BCUT2D eigenvalue weighted by molar-refractivity contribution is 9.10. The van der Waals surface area contributed by atoms with E-state index in [2.05, 4.69) is 15.9 Å². The van der Waals surface area contributed by atoms with E-state index in [-0.39, 0.29) is 6.54 Å². The number of halogens is 1. The monoisotopic (exact) mass is 413 g/mol. The van der Waals surface area contributed by atoms with Gasteiger partial charge < -0.3 is 19.5 Å². The molecule has 1 amide bonds. The molecule has 2 rings (SSSR count). The maximum Gasteiger partial charge on any atom is 0.410 e. The summed E-state index contributed by atoms with van der Waals surface area (Å²) in [5.41, 5.74) is -0.587. The number of likely N-dealkylation sites (tertiary alicyclic amines) is 1. The van der Waals surface area contributed by atoms with Crippen LogP contribution in [0.3, 0.4) is 0 Å².